The Morgan fingerprint density at radius 1 is 1.17 bits per heavy atom. The summed E-state index contributed by atoms with van der Waals surface area (Å²) < 4.78 is 15.5. The van der Waals surface area contributed by atoms with Crippen LogP contribution in [-0.4, -0.2) is 19.4 Å². The van der Waals surface area contributed by atoms with Crippen LogP contribution < -0.4 is 15.2 Å². The van der Waals surface area contributed by atoms with Crippen LogP contribution in [0.4, 0.5) is 5.88 Å². The van der Waals surface area contributed by atoms with Crippen LogP contribution in [-0.2, 0) is 6.42 Å². The van der Waals surface area contributed by atoms with Crippen molar-refractivity contribution in [3.63, 3.8) is 0 Å². The Morgan fingerprint density at radius 2 is 1.83 bits per heavy atom. The topological polar surface area (TPSA) is 70.5 Å². The van der Waals surface area contributed by atoms with Gasteiger partial charge in [0.15, 0.2) is 11.5 Å². The lowest BCUT2D eigenvalue weighted by Gasteiger charge is -2.13. The molecule has 0 aliphatic rings. The number of nitrogen functional groups attached to an aromatic ring is 1. The van der Waals surface area contributed by atoms with Crippen molar-refractivity contribution in [2.75, 3.05) is 20.0 Å². The Morgan fingerprint density at radius 3 is 2.33 bits per heavy atom. The van der Waals surface area contributed by atoms with E-state index in [1.807, 2.05) is 12.1 Å². The second-order valence-electron chi connectivity index (χ2n) is 3.82. The largest absolute Gasteiger partial charge is 0.493 e. The number of hydrogen-bond donors (Lipinski definition) is 1. The van der Waals surface area contributed by atoms with Gasteiger partial charge in [-0.2, -0.15) is 0 Å². The van der Waals surface area contributed by atoms with Gasteiger partial charge in [0, 0.05) is 0 Å². The fraction of sp³-hybridized carbons (Fsp3) is 0.308. The molecule has 0 spiro atoms. The zero-order valence-corrected chi connectivity index (χ0v) is 10.7. The van der Waals surface area contributed by atoms with E-state index >= 15 is 0 Å². The number of nitrogens with zero attached hydrogens (tertiary/aromatic N) is 1. The van der Waals surface area contributed by atoms with Gasteiger partial charge in [-0.05, 0) is 29.7 Å². The van der Waals surface area contributed by atoms with Crippen LogP contribution >= 0.6 is 0 Å². The van der Waals surface area contributed by atoms with Gasteiger partial charge in [0.1, 0.15) is 0 Å². The maximum atomic E-state index is 5.76. The first kappa shape index (κ1) is 12.3. The van der Waals surface area contributed by atoms with E-state index in [0.29, 0.717) is 17.4 Å². The van der Waals surface area contributed by atoms with Crippen LogP contribution in [0.25, 0.3) is 11.1 Å². The Balaban J connectivity index is 2.62. The first-order chi connectivity index (χ1) is 8.71. The number of hydrogen-bond acceptors (Lipinski definition) is 5. The second-order valence-corrected chi connectivity index (χ2v) is 3.82. The zero-order valence-electron chi connectivity index (χ0n) is 10.7. The average molecular weight is 248 g/mol. The fourth-order valence-corrected chi connectivity index (χ4v) is 1.92. The Hall–Kier alpha value is -2.17. The van der Waals surface area contributed by atoms with Crippen molar-refractivity contribution in [2.45, 2.75) is 13.3 Å². The smallest absolute Gasteiger partial charge is 0.229 e. The summed E-state index contributed by atoms with van der Waals surface area (Å²) in [7, 11) is 3.22. The molecule has 0 amide bonds. The molecule has 2 N–H and O–H groups in total. The molecule has 0 radical (unpaired) electrons. The van der Waals surface area contributed by atoms with E-state index in [9.17, 15) is 0 Å². The molecule has 0 saturated carbocycles. The third-order valence-electron chi connectivity index (χ3n) is 2.88. The Labute approximate surface area is 105 Å². The van der Waals surface area contributed by atoms with Crippen LogP contribution in [0.15, 0.2) is 22.9 Å². The zero-order chi connectivity index (χ0) is 13.1. The van der Waals surface area contributed by atoms with E-state index in [-0.39, 0.29) is 0 Å². The van der Waals surface area contributed by atoms with Crippen molar-refractivity contribution in [3.05, 3.63) is 23.9 Å². The summed E-state index contributed by atoms with van der Waals surface area (Å²) in [5, 5.41) is 3.70. The molecule has 2 rings (SSSR count). The van der Waals surface area contributed by atoms with E-state index in [0.717, 1.165) is 23.1 Å². The highest BCUT2D eigenvalue weighted by Gasteiger charge is 2.15. The molecule has 0 aliphatic carbocycles. The van der Waals surface area contributed by atoms with Crippen molar-refractivity contribution in [1.29, 1.82) is 0 Å². The molecule has 2 aromatic rings. The van der Waals surface area contributed by atoms with Crippen LogP contribution in [0.3, 0.4) is 0 Å². The van der Waals surface area contributed by atoms with E-state index in [1.54, 1.807) is 20.4 Å². The lowest BCUT2D eigenvalue weighted by atomic mass is 9.99. The molecule has 96 valence electrons. The van der Waals surface area contributed by atoms with Crippen molar-refractivity contribution < 1.29 is 14.0 Å². The Kier molecular flexibility index (Phi) is 3.41. The molecule has 0 fully saturated rings. The monoisotopic (exact) mass is 248 g/mol. The highest BCUT2D eigenvalue weighted by Crippen LogP contribution is 2.37. The number of ether oxygens (including phenoxy) is 2. The molecular weight excluding hydrogens is 232 g/mol. The number of nitrogens with two attached hydrogens (primary N) is 1. The molecule has 18 heavy (non-hydrogen) atoms. The van der Waals surface area contributed by atoms with Crippen LogP contribution in [0.5, 0.6) is 11.5 Å². The van der Waals surface area contributed by atoms with Crippen molar-refractivity contribution in [2.24, 2.45) is 0 Å². The van der Waals surface area contributed by atoms with Gasteiger partial charge >= 0.3 is 0 Å². The molecule has 1 aromatic heterocycles. The maximum absolute atomic E-state index is 5.76. The average Bonchev–Trinajstić information content (AvgIpc) is 2.83. The quantitative estimate of drug-likeness (QED) is 0.900. The number of methoxy groups -OCH3 is 2. The van der Waals surface area contributed by atoms with Crippen LogP contribution in [0, 0.1) is 0 Å². The summed E-state index contributed by atoms with van der Waals surface area (Å²) in [5.41, 5.74) is 8.58. The highest BCUT2D eigenvalue weighted by atomic mass is 16.5. The molecule has 0 saturated heterocycles. The maximum Gasteiger partial charge on any atom is 0.229 e. The summed E-state index contributed by atoms with van der Waals surface area (Å²) >= 11 is 0. The predicted molar refractivity (Wildman–Crippen MR) is 68.8 cm³/mol. The molecule has 0 atom stereocenters. The second kappa shape index (κ2) is 5.00. The third-order valence-corrected chi connectivity index (χ3v) is 2.88. The number of rotatable bonds is 4. The van der Waals surface area contributed by atoms with Gasteiger partial charge in [-0.1, -0.05) is 12.1 Å². The molecular formula is C13H16N2O3. The van der Waals surface area contributed by atoms with Gasteiger partial charge in [0.2, 0.25) is 5.88 Å². The SMILES string of the molecule is CCc1cc(OC)c(OC)cc1-c1cnoc1N. The molecule has 0 bridgehead atoms. The highest BCUT2D eigenvalue weighted by molar-refractivity contribution is 5.77. The summed E-state index contributed by atoms with van der Waals surface area (Å²) in [6.45, 7) is 2.06. The minimum atomic E-state index is 0.303. The van der Waals surface area contributed by atoms with Crippen molar-refractivity contribution in [3.8, 4) is 22.6 Å². The van der Waals surface area contributed by atoms with Crippen LogP contribution in [0.2, 0.25) is 0 Å². The van der Waals surface area contributed by atoms with E-state index in [1.165, 1.54) is 0 Å². The van der Waals surface area contributed by atoms with Gasteiger partial charge in [-0.25, -0.2) is 0 Å². The number of anilines is 1. The molecule has 1 heterocycles. The number of aromatic nitrogens is 1. The standard InChI is InChI=1S/C13H16N2O3/c1-4-8-5-11(16-2)12(17-3)6-9(8)10-7-15-18-13(10)14/h5-7H,4,14H2,1-3H3. The summed E-state index contributed by atoms with van der Waals surface area (Å²) in [4.78, 5) is 0. The summed E-state index contributed by atoms with van der Waals surface area (Å²) in [5.74, 6) is 1.66. The number of benzene rings is 1. The summed E-state index contributed by atoms with van der Waals surface area (Å²) in [6, 6.07) is 3.83. The number of aryl methyl sites for hydroxylation is 1. The van der Waals surface area contributed by atoms with E-state index < -0.39 is 0 Å². The van der Waals surface area contributed by atoms with Crippen molar-refractivity contribution in [1.82, 2.24) is 5.16 Å². The van der Waals surface area contributed by atoms with Gasteiger partial charge in [0.25, 0.3) is 0 Å². The molecule has 1 aromatic carbocycles. The molecule has 5 heteroatoms. The van der Waals surface area contributed by atoms with E-state index in [2.05, 4.69) is 12.1 Å². The van der Waals surface area contributed by atoms with Gasteiger partial charge in [-0.3, -0.25) is 0 Å². The lowest BCUT2D eigenvalue weighted by molar-refractivity contribution is 0.355. The van der Waals surface area contributed by atoms with Crippen molar-refractivity contribution >= 4 is 5.88 Å². The van der Waals surface area contributed by atoms with Gasteiger partial charge < -0.3 is 19.7 Å². The minimum Gasteiger partial charge on any atom is -0.493 e. The molecule has 5 nitrogen and oxygen atoms in total. The first-order valence-electron chi connectivity index (χ1n) is 5.66. The first-order valence-corrected chi connectivity index (χ1v) is 5.66. The van der Waals surface area contributed by atoms with Crippen LogP contribution in [0.1, 0.15) is 12.5 Å². The third kappa shape index (κ3) is 1.99. The van der Waals surface area contributed by atoms with E-state index in [4.69, 9.17) is 19.7 Å². The predicted octanol–water partition coefficient (Wildman–Crippen LogP) is 2.50. The minimum absolute atomic E-state index is 0.303. The normalized spacial score (nSPS) is 10.4. The summed E-state index contributed by atoms with van der Waals surface area (Å²) in [6.07, 6.45) is 2.45. The van der Waals surface area contributed by atoms with Gasteiger partial charge in [-0.15, -0.1) is 0 Å². The lowest BCUT2D eigenvalue weighted by Crippen LogP contribution is -1.96. The fourth-order valence-electron chi connectivity index (χ4n) is 1.92. The Bertz CT molecular complexity index is 549. The van der Waals surface area contributed by atoms with Gasteiger partial charge in [0.05, 0.1) is 26.0 Å². The molecule has 0 unspecified atom stereocenters. The molecule has 0 aliphatic heterocycles.